The number of hydrogen-bond donors (Lipinski definition) is 0. The van der Waals surface area contributed by atoms with Crippen LogP contribution < -0.4 is 9.47 Å². The molecule has 132 valence electrons. The number of furan rings is 1. The molecular weight excluding hydrogens is 346 g/mol. The van der Waals surface area contributed by atoms with Crippen molar-refractivity contribution in [2.75, 3.05) is 0 Å². The third-order valence-electron chi connectivity index (χ3n) is 4.68. The van der Waals surface area contributed by atoms with Crippen LogP contribution >= 0.6 is 0 Å². The lowest BCUT2D eigenvalue weighted by Gasteiger charge is -2.26. The predicted octanol–water partition coefficient (Wildman–Crippen LogP) is 3.73. The van der Waals surface area contributed by atoms with Crippen LogP contribution in [0.4, 0.5) is 0 Å². The fraction of sp³-hybridized carbons (Fsp3) is 0.0952. The summed E-state index contributed by atoms with van der Waals surface area (Å²) in [6, 6.07) is 10.5. The van der Waals surface area contributed by atoms with E-state index >= 15 is 0 Å². The number of pyridine rings is 1. The number of hydrogen-bond acceptors (Lipinski definition) is 6. The van der Waals surface area contributed by atoms with Gasteiger partial charge in [-0.05, 0) is 35.9 Å². The molecule has 0 unspecified atom stereocenters. The van der Waals surface area contributed by atoms with E-state index in [1.165, 1.54) is 6.26 Å². The third kappa shape index (κ3) is 2.54. The Morgan fingerprint density at radius 3 is 2.78 bits per heavy atom. The van der Waals surface area contributed by atoms with Gasteiger partial charge in [0.1, 0.15) is 17.3 Å². The number of Topliss-reactive ketones (excluding diaryl/α,β-unsaturated/α-hetero) is 1. The number of fused-ring (bicyclic) bond motifs is 3. The number of esters is 1. The third-order valence-corrected chi connectivity index (χ3v) is 4.68. The second-order valence-electron chi connectivity index (χ2n) is 6.33. The highest BCUT2D eigenvalue weighted by Gasteiger charge is 2.38. The molecule has 0 radical (unpaired) electrons. The summed E-state index contributed by atoms with van der Waals surface area (Å²) in [7, 11) is 0. The van der Waals surface area contributed by atoms with Gasteiger partial charge in [0.15, 0.2) is 5.76 Å². The zero-order valence-electron chi connectivity index (χ0n) is 14.0. The van der Waals surface area contributed by atoms with E-state index < -0.39 is 0 Å². The minimum Gasteiger partial charge on any atom is -0.465 e. The predicted molar refractivity (Wildman–Crippen MR) is 94.4 cm³/mol. The summed E-state index contributed by atoms with van der Waals surface area (Å²) < 4.78 is 16.6. The Hall–Kier alpha value is -3.67. The molecule has 0 fully saturated rings. The molecule has 0 saturated heterocycles. The highest BCUT2D eigenvalue weighted by atomic mass is 16.5. The Morgan fingerprint density at radius 1 is 1.07 bits per heavy atom. The lowest BCUT2D eigenvalue weighted by Crippen LogP contribution is -2.21. The Labute approximate surface area is 154 Å². The van der Waals surface area contributed by atoms with Crippen LogP contribution in [0.3, 0.4) is 0 Å². The van der Waals surface area contributed by atoms with E-state index in [2.05, 4.69) is 4.98 Å². The van der Waals surface area contributed by atoms with Crippen LogP contribution in [0.15, 0.2) is 65.2 Å². The van der Waals surface area contributed by atoms with E-state index in [1.54, 1.807) is 42.7 Å². The number of ether oxygens (including phenoxy) is 2. The van der Waals surface area contributed by atoms with Gasteiger partial charge in [0.2, 0.25) is 5.78 Å². The summed E-state index contributed by atoms with van der Waals surface area (Å²) in [5.74, 6) is 0.687. The molecule has 1 aromatic carbocycles. The van der Waals surface area contributed by atoms with Crippen LogP contribution in [-0.2, 0) is 4.79 Å². The number of nitrogens with zero attached hydrogens (tertiary/aromatic N) is 1. The van der Waals surface area contributed by atoms with Crippen molar-refractivity contribution in [2.45, 2.75) is 12.3 Å². The molecule has 0 N–H and O–H groups in total. The van der Waals surface area contributed by atoms with Gasteiger partial charge in [0, 0.05) is 30.0 Å². The topological polar surface area (TPSA) is 78.6 Å². The van der Waals surface area contributed by atoms with Gasteiger partial charge in [-0.3, -0.25) is 14.6 Å². The Kier molecular flexibility index (Phi) is 3.43. The molecule has 6 nitrogen and oxygen atoms in total. The van der Waals surface area contributed by atoms with Crippen molar-refractivity contribution in [2.24, 2.45) is 0 Å². The number of aromatic nitrogens is 1. The van der Waals surface area contributed by atoms with E-state index in [-0.39, 0.29) is 29.9 Å². The summed E-state index contributed by atoms with van der Waals surface area (Å²) in [4.78, 5) is 29.0. The highest BCUT2D eigenvalue weighted by Crippen LogP contribution is 2.48. The van der Waals surface area contributed by atoms with E-state index in [4.69, 9.17) is 13.9 Å². The van der Waals surface area contributed by atoms with Crippen molar-refractivity contribution in [1.82, 2.24) is 4.98 Å². The van der Waals surface area contributed by atoms with E-state index in [9.17, 15) is 9.59 Å². The Balaban J connectivity index is 1.65. The molecule has 5 rings (SSSR count). The molecular formula is C21H13NO5. The number of carbonyl (C=O) groups is 2. The molecule has 2 aliphatic heterocycles. The molecule has 4 heterocycles. The Bertz CT molecular complexity index is 1080. The Morgan fingerprint density at radius 2 is 2.00 bits per heavy atom. The standard InChI is InChI=1S/C21H13NO5/c23-18-10-15(12-3-1-7-22-11-12)19-16(26-18)6-5-14-20(24)17(27-21(14)19)9-13-4-2-8-25-13/h1-9,11,15H,10H2/b17-9-/t15-/m1/s1. The first kappa shape index (κ1) is 15.6. The van der Waals surface area contributed by atoms with Crippen LogP contribution in [0.5, 0.6) is 11.5 Å². The summed E-state index contributed by atoms with van der Waals surface area (Å²) in [5.41, 5.74) is 2.00. The fourth-order valence-corrected chi connectivity index (χ4v) is 3.48. The van der Waals surface area contributed by atoms with Crippen LogP contribution in [0.2, 0.25) is 0 Å². The van der Waals surface area contributed by atoms with Crippen LogP contribution in [0, 0.1) is 0 Å². The van der Waals surface area contributed by atoms with Crippen LogP contribution in [0.25, 0.3) is 6.08 Å². The lowest BCUT2D eigenvalue weighted by atomic mass is 9.85. The van der Waals surface area contributed by atoms with Gasteiger partial charge in [0.05, 0.1) is 18.2 Å². The molecule has 2 aliphatic rings. The first-order chi connectivity index (χ1) is 13.2. The largest absolute Gasteiger partial charge is 0.465 e. The van der Waals surface area contributed by atoms with Crippen LogP contribution in [0.1, 0.15) is 39.6 Å². The number of carbonyl (C=O) groups excluding carboxylic acids is 2. The molecule has 1 atom stereocenters. The van der Waals surface area contributed by atoms with Gasteiger partial charge in [-0.15, -0.1) is 0 Å². The smallest absolute Gasteiger partial charge is 0.312 e. The van der Waals surface area contributed by atoms with E-state index in [0.29, 0.717) is 28.4 Å². The van der Waals surface area contributed by atoms with Crippen molar-refractivity contribution in [3.8, 4) is 11.5 Å². The zero-order valence-corrected chi connectivity index (χ0v) is 14.0. The molecule has 27 heavy (non-hydrogen) atoms. The van der Waals surface area contributed by atoms with Gasteiger partial charge in [-0.1, -0.05) is 6.07 Å². The first-order valence-corrected chi connectivity index (χ1v) is 8.46. The quantitative estimate of drug-likeness (QED) is 0.394. The van der Waals surface area contributed by atoms with Gasteiger partial charge in [0.25, 0.3) is 0 Å². The number of allylic oxidation sites excluding steroid dienone is 1. The van der Waals surface area contributed by atoms with E-state index in [1.807, 2.05) is 12.1 Å². The van der Waals surface area contributed by atoms with E-state index in [0.717, 1.165) is 5.56 Å². The summed E-state index contributed by atoms with van der Waals surface area (Å²) in [5, 5.41) is 0. The van der Waals surface area contributed by atoms with Gasteiger partial charge >= 0.3 is 5.97 Å². The van der Waals surface area contributed by atoms with Gasteiger partial charge < -0.3 is 13.9 Å². The number of rotatable bonds is 2. The highest BCUT2D eigenvalue weighted by molar-refractivity contribution is 6.15. The fourth-order valence-electron chi connectivity index (χ4n) is 3.48. The monoisotopic (exact) mass is 359 g/mol. The normalized spacial score (nSPS) is 19.4. The summed E-state index contributed by atoms with van der Waals surface area (Å²) in [6.45, 7) is 0. The first-order valence-electron chi connectivity index (χ1n) is 8.46. The average Bonchev–Trinajstić information content (AvgIpc) is 3.30. The molecule has 0 spiro atoms. The van der Waals surface area contributed by atoms with Crippen molar-refractivity contribution >= 4 is 17.8 Å². The molecule has 0 bridgehead atoms. The maximum atomic E-state index is 12.8. The van der Waals surface area contributed by atoms with Crippen molar-refractivity contribution in [1.29, 1.82) is 0 Å². The average molecular weight is 359 g/mol. The van der Waals surface area contributed by atoms with Crippen molar-refractivity contribution < 1.29 is 23.5 Å². The number of benzene rings is 1. The SMILES string of the molecule is O=C1C[C@H](c2cccnc2)c2c(ccc3c2O/C(=C\c2ccco2)C3=O)O1. The molecule has 2 aromatic heterocycles. The maximum absolute atomic E-state index is 12.8. The second-order valence-corrected chi connectivity index (χ2v) is 6.33. The molecule has 3 aromatic rings. The van der Waals surface area contributed by atoms with Gasteiger partial charge in [-0.2, -0.15) is 0 Å². The van der Waals surface area contributed by atoms with Gasteiger partial charge in [-0.25, -0.2) is 0 Å². The zero-order chi connectivity index (χ0) is 18.4. The van der Waals surface area contributed by atoms with Crippen LogP contribution in [-0.4, -0.2) is 16.7 Å². The summed E-state index contributed by atoms with van der Waals surface area (Å²) >= 11 is 0. The molecule has 0 aliphatic carbocycles. The maximum Gasteiger partial charge on any atom is 0.312 e. The minimum atomic E-state index is -0.327. The minimum absolute atomic E-state index is 0.157. The van der Waals surface area contributed by atoms with Crippen molar-refractivity contribution in [3.63, 3.8) is 0 Å². The van der Waals surface area contributed by atoms with Crippen molar-refractivity contribution in [3.05, 3.63) is 83.3 Å². The number of ketones is 1. The summed E-state index contributed by atoms with van der Waals surface area (Å²) in [6.07, 6.45) is 6.62. The molecule has 0 amide bonds. The lowest BCUT2D eigenvalue weighted by molar-refractivity contribution is -0.135. The molecule has 0 saturated carbocycles. The molecule has 6 heteroatoms. The second kappa shape index (κ2) is 5.95.